The number of carbonyl (C=O) groups is 3. The largest absolute Gasteiger partial charge is 0.463 e. The van der Waals surface area contributed by atoms with E-state index < -0.39 is 12.0 Å². The van der Waals surface area contributed by atoms with Crippen molar-refractivity contribution in [3.05, 3.63) is 107 Å². The Morgan fingerprint density at radius 3 is 2.16 bits per heavy atom. The summed E-state index contributed by atoms with van der Waals surface area (Å²) in [6, 6.07) is 22.9. The maximum absolute atomic E-state index is 13.2. The van der Waals surface area contributed by atoms with Crippen LogP contribution in [0.4, 0.5) is 10.5 Å². The van der Waals surface area contributed by atoms with Gasteiger partial charge < -0.3 is 15.4 Å². The lowest BCUT2D eigenvalue weighted by molar-refractivity contribution is -0.138. The van der Waals surface area contributed by atoms with Crippen molar-refractivity contribution in [1.29, 1.82) is 0 Å². The molecule has 1 aliphatic heterocycles. The first-order chi connectivity index (χ1) is 18.1. The third-order valence-corrected chi connectivity index (χ3v) is 6.51. The van der Waals surface area contributed by atoms with Crippen molar-refractivity contribution >= 4 is 29.3 Å². The van der Waals surface area contributed by atoms with Gasteiger partial charge in [-0.15, -0.1) is 0 Å². The molecule has 4 rings (SSSR count). The lowest BCUT2D eigenvalue weighted by atomic mass is 9.87. The predicted octanol–water partition coefficient (Wildman–Crippen LogP) is 5.91. The molecular weight excluding hydrogens is 478 g/mol. The monoisotopic (exact) mass is 511 g/mol. The van der Waals surface area contributed by atoms with Crippen molar-refractivity contribution in [2.24, 2.45) is 0 Å². The summed E-state index contributed by atoms with van der Waals surface area (Å²) in [4.78, 5) is 40.3. The molecule has 3 amide bonds. The maximum atomic E-state index is 13.2. The summed E-state index contributed by atoms with van der Waals surface area (Å²) >= 11 is 0. The molecule has 0 aliphatic carbocycles. The molecule has 7 nitrogen and oxygen atoms in total. The van der Waals surface area contributed by atoms with E-state index in [4.69, 9.17) is 4.74 Å². The molecule has 1 aliphatic rings. The van der Waals surface area contributed by atoms with Crippen LogP contribution in [0.2, 0.25) is 0 Å². The Hall–Kier alpha value is -4.39. The molecule has 196 valence electrons. The number of carbonyl (C=O) groups excluding carboxylic acids is 3. The Morgan fingerprint density at radius 1 is 0.947 bits per heavy atom. The molecule has 3 aromatic carbocycles. The Bertz CT molecular complexity index is 1350. The average Bonchev–Trinajstić information content (AvgIpc) is 2.90. The minimum Gasteiger partial charge on any atom is -0.463 e. The van der Waals surface area contributed by atoms with Crippen LogP contribution in [0.15, 0.2) is 84.4 Å². The van der Waals surface area contributed by atoms with Crippen LogP contribution < -0.4 is 10.6 Å². The maximum Gasteiger partial charge on any atom is 0.338 e. The summed E-state index contributed by atoms with van der Waals surface area (Å²) in [5.74, 6) is -0.719. The van der Waals surface area contributed by atoms with Gasteiger partial charge in [0.2, 0.25) is 0 Å². The number of nitrogens with one attached hydrogen (secondary N) is 2. The zero-order valence-electron chi connectivity index (χ0n) is 22.4. The number of esters is 1. The SMILES string of the molecule is CCOC(=O)C1=C(c2ccccc2)N(C)C(=O)NC1c1ccc(NC(=O)c2ccc(C(C)(C)C)cc2)cc1. The predicted molar refractivity (Wildman–Crippen MR) is 149 cm³/mol. The molecule has 38 heavy (non-hydrogen) atoms. The molecule has 0 radical (unpaired) electrons. The van der Waals surface area contributed by atoms with E-state index in [-0.39, 0.29) is 24.0 Å². The molecule has 7 heteroatoms. The highest BCUT2D eigenvalue weighted by atomic mass is 16.5. The van der Waals surface area contributed by atoms with Gasteiger partial charge in [-0.2, -0.15) is 0 Å². The zero-order chi connectivity index (χ0) is 27.4. The minimum atomic E-state index is -0.720. The first-order valence-electron chi connectivity index (χ1n) is 12.6. The van der Waals surface area contributed by atoms with Crippen molar-refractivity contribution in [3.63, 3.8) is 0 Å². The molecule has 0 bridgehead atoms. The summed E-state index contributed by atoms with van der Waals surface area (Å²) < 4.78 is 5.39. The van der Waals surface area contributed by atoms with E-state index in [9.17, 15) is 14.4 Å². The Kier molecular flexibility index (Phi) is 7.67. The molecule has 0 saturated carbocycles. The van der Waals surface area contributed by atoms with Gasteiger partial charge in [-0.1, -0.05) is 75.4 Å². The number of urea groups is 1. The van der Waals surface area contributed by atoms with Gasteiger partial charge in [0, 0.05) is 18.3 Å². The molecule has 1 heterocycles. The van der Waals surface area contributed by atoms with Crippen LogP contribution in [-0.2, 0) is 14.9 Å². The quantitative estimate of drug-likeness (QED) is 0.403. The molecular formula is C31H33N3O4. The number of benzene rings is 3. The van der Waals surface area contributed by atoms with Gasteiger partial charge in [0.1, 0.15) is 0 Å². The van der Waals surface area contributed by atoms with E-state index in [0.29, 0.717) is 28.1 Å². The van der Waals surface area contributed by atoms with Gasteiger partial charge in [-0.25, -0.2) is 9.59 Å². The average molecular weight is 512 g/mol. The Balaban J connectivity index is 1.63. The lowest BCUT2D eigenvalue weighted by Crippen LogP contribution is -2.46. The fourth-order valence-electron chi connectivity index (χ4n) is 4.41. The molecule has 0 spiro atoms. The zero-order valence-corrected chi connectivity index (χ0v) is 22.4. The second-order valence-corrected chi connectivity index (χ2v) is 10.2. The number of ether oxygens (including phenoxy) is 1. The Labute approximate surface area is 223 Å². The third kappa shape index (κ3) is 5.62. The van der Waals surface area contributed by atoms with Crippen LogP contribution in [0.5, 0.6) is 0 Å². The second kappa shape index (κ2) is 10.9. The smallest absolute Gasteiger partial charge is 0.338 e. The van der Waals surface area contributed by atoms with Crippen LogP contribution in [-0.4, -0.2) is 36.5 Å². The highest BCUT2D eigenvalue weighted by molar-refractivity contribution is 6.05. The first-order valence-corrected chi connectivity index (χ1v) is 12.6. The van der Waals surface area contributed by atoms with E-state index >= 15 is 0 Å². The van der Waals surface area contributed by atoms with Crippen molar-refractivity contribution in [3.8, 4) is 0 Å². The Morgan fingerprint density at radius 2 is 1.58 bits per heavy atom. The van der Waals surface area contributed by atoms with Crippen LogP contribution in [0, 0.1) is 0 Å². The number of hydrogen-bond donors (Lipinski definition) is 2. The van der Waals surface area contributed by atoms with Crippen molar-refractivity contribution in [2.45, 2.75) is 39.2 Å². The number of amides is 3. The van der Waals surface area contributed by atoms with Gasteiger partial charge in [0.05, 0.1) is 23.9 Å². The number of nitrogens with zero attached hydrogens (tertiary/aromatic N) is 1. The van der Waals surface area contributed by atoms with E-state index in [0.717, 1.165) is 11.1 Å². The van der Waals surface area contributed by atoms with Crippen molar-refractivity contribution in [1.82, 2.24) is 10.2 Å². The van der Waals surface area contributed by atoms with Crippen LogP contribution in [0.25, 0.3) is 5.70 Å². The fourth-order valence-corrected chi connectivity index (χ4v) is 4.41. The number of rotatable bonds is 6. The summed E-state index contributed by atoms with van der Waals surface area (Å²) in [5.41, 5.74) is 4.58. The number of anilines is 1. The third-order valence-electron chi connectivity index (χ3n) is 6.51. The molecule has 1 unspecified atom stereocenters. The van der Waals surface area contributed by atoms with E-state index in [2.05, 4.69) is 31.4 Å². The normalized spacial score (nSPS) is 15.7. The van der Waals surface area contributed by atoms with Gasteiger partial charge in [-0.3, -0.25) is 9.69 Å². The second-order valence-electron chi connectivity index (χ2n) is 10.2. The molecule has 0 saturated heterocycles. The van der Waals surface area contributed by atoms with E-state index in [1.807, 2.05) is 54.6 Å². The first kappa shape index (κ1) is 26.7. The highest BCUT2D eigenvalue weighted by Crippen LogP contribution is 2.36. The van der Waals surface area contributed by atoms with Crippen LogP contribution in [0.3, 0.4) is 0 Å². The summed E-state index contributed by atoms with van der Waals surface area (Å²) in [7, 11) is 1.62. The standard InChI is InChI=1S/C31H33N3O4/c1-6-38-29(36)25-26(33-30(37)34(5)27(25)21-10-8-7-9-11-21)20-14-18-24(19-15-20)32-28(35)22-12-16-23(17-13-22)31(2,3)4/h7-19,26H,6H2,1-5H3,(H,32,35)(H,33,37). The topological polar surface area (TPSA) is 87.7 Å². The lowest BCUT2D eigenvalue weighted by Gasteiger charge is -2.34. The van der Waals surface area contributed by atoms with Gasteiger partial charge in [0.15, 0.2) is 0 Å². The van der Waals surface area contributed by atoms with Gasteiger partial charge in [-0.05, 0) is 53.3 Å². The molecule has 0 fully saturated rings. The molecule has 1 atom stereocenters. The summed E-state index contributed by atoms with van der Waals surface area (Å²) in [6.45, 7) is 8.33. The van der Waals surface area contributed by atoms with Gasteiger partial charge >= 0.3 is 12.0 Å². The minimum absolute atomic E-state index is 0.00537. The summed E-state index contributed by atoms with van der Waals surface area (Å²) in [6.07, 6.45) is 0. The molecule has 2 N–H and O–H groups in total. The van der Waals surface area contributed by atoms with Crippen molar-refractivity contribution in [2.75, 3.05) is 19.0 Å². The summed E-state index contributed by atoms with van der Waals surface area (Å²) in [5, 5.41) is 5.83. The molecule has 0 aromatic heterocycles. The fraction of sp³-hybridized carbons (Fsp3) is 0.258. The highest BCUT2D eigenvalue weighted by Gasteiger charge is 2.37. The van der Waals surface area contributed by atoms with Crippen LogP contribution >= 0.6 is 0 Å². The van der Waals surface area contributed by atoms with Crippen molar-refractivity contribution < 1.29 is 19.1 Å². The van der Waals surface area contributed by atoms with E-state index in [1.165, 1.54) is 4.90 Å². The van der Waals surface area contributed by atoms with E-state index in [1.54, 1.807) is 38.2 Å². The van der Waals surface area contributed by atoms with Crippen LogP contribution in [0.1, 0.15) is 60.8 Å². The number of hydrogen-bond acceptors (Lipinski definition) is 4. The molecule has 3 aromatic rings. The van der Waals surface area contributed by atoms with Gasteiger partial charge in [0.25, 0.3) is 5.91 Å².